The Balaban J connectivity index is 2.31. The van der Waals surface area contributed by atoms with E-state index >= 15 is 0 Å². The molecule has 14 nitrogen and oxygen atoms in total. The van der Waals surface area contributed by atoms with Gasteiger partial charge in [0.2, 0.25) is 0 Å². The number of ether oxygens (including phenoxy) is 4. The fourth-order valence-corrected chi connectivity index (χ4v) is 4.20. The molecule has 2 aromatic rings. The number of carbonyl (C=O) groups excluding carboxylic acids is 4. The number of nitrogens with zero attached hydrogens (tertiary/aromatic N) is 6. The average molecular weight is 673 g/mol. The third-order valence-electron chi connectivity index (χ3n) is 5.49. The molecule has 266 valence electrons. The van der Waals surface area contributed by atoms with Crippen molar-refractivity contribution in [2.24, 2.45) is 0 Å². The van der Waals surface area contributed by atoms with Crippen LogP contribution in [0.4, 0.5) is 0 Å². The van der Waals surface area contributed by atoms with Gasteiger partial charge >= 0.3 is 23.9 Å². The average Bonchev–Trinajstić information content (AvgIpc) is 2.84. The van der Waals surface area contributed by atoms with Crippen LogP contribution in [-0.2, 0) is 51.2 Å². The second kappa shape index (κ2) is 16.4. The summed E-state index contributed by atoms with van der Waals surface area (Å²) in [7, 11) is 0. The first kappa shape index (κ1) is 40.1. The van der Waals surface area contributed by atoms with E-state index < -0.39 is 46.3 Å². The molecule has 48 heavy (non-hydrogen) atoms. The van der Waals surface area contributed by atoms with Crippen LogP contribution < -0.4 is 0 Å². The van der Waals surface area contributed by atoms with Crippen molar-refractivity contribution in [2.75, 3.05) is 26.2 Å². The molecule has 14 heteroatoms. The Morgan fingerprint density at radius 2 is 0.750 bits per heavy atom. The molecular formula is C34H52N6O8. The van der Waals surface area contributed by atoms with Gasteiger partial charge in [-0.2, -0.15) is 0 Å². The van der Waals surface area contributed by atoms with E-state index in [1.54, 1.807) is 105 Å². The zero-order valence-electron chi connectivity index (χ0n) is 30.5. The van der Waals surface area contributed by atoms with Crippen molar-refractivity contribution in [3.8, 4) is 11.6 Å². The van der Waals surface area contributed by atoms with Crippen LogP contribution in [0.25, 0.3) is 11.6 Å². The van der Waals surface area contributed by atoms with E-state index in [9.17, 15) is 19.2 Å². The molecule has 0 bridgehead atoms. The highest BCUT2D eigenvalue weighted by molar-refractivity contribution is 5.76. The number of esters is 4. The van der Waals surface area contributed by atoms with Gasteiger partial charge in [0.1, 0.15) is 22.4 Å². The predicted molar refractivity (Wildman–Crippen MR) is 177 cm³/mol. The zero-order chi connectivity index (χ0) is 36.5. The van der Waals surface area contributed by atoms with Crippen LogP contribution in [0.15, 0.2) is 24.5 Å². The van der Waals surface area contributed by atoms with Gasteiger partial charge < -0.3 is 18.9 Å². The maximum absolute atomic E-state index is 12.7. The van der Waals surface area contributed by atoms with Crippen molar-refractivity contribution in [1.82, 2.24) is 29.7 Å². The zero-order valence-corrected chi connectivity index (χ0v) is 30.5. The summed E-state index contributed by atoms with van der Waals surface area (Å²) in [5, 5.41) is 0. The van der Waals surface area contributed by atoms with Crippen molar-refractivity contribution in [1.29, 1.82) is 0 Å². The molecule has 0 radical (unpaired) electrons. The lowest BCUT2D eigenvalue weighted by molar-refractivity contribution is -0.162. The minimum atomic E-state index is -0.700. The Morgan fingerprint density at radius 1 is 0.500 bits per heavy atom. The molecule has 2 aromatic heterocycles. The van der Waals surface area contributed by atoms with Gasteiger partial charge in [0.25, 0.3) is 0 Å². The minimum Gasteiger partial charge on any atom is -0.459 e. The van der Waals surface area contributed by atoms with E-state index in [0.29, 0.717) is 11.4 Å². The molecule has 0 saturated heterocycles. The Bertz CT molecular complexity index is 1250. The summed E-state index contributed by atoms with van der Waals surface area (Å²) in [6, 6.07) is 3.32. The first-order valence-corrected chi connectivity index (χ1v) is 15.8. The topological polar surface area (TPSA) is 163 Å². The Labute approximate surface area is 283 Å². The minimum absolute atomic E-state index is 0.104. The van der Waals surface area contributed by atoms with Crippen LogP contribution >= 0.6 is 0 Å². The largest absolute Gasteiger partial charge is 0.459 e. The van der Waals surface area contributed by atoms with E-state index in [1.807, 2.05) is 0 Å². The summed E-state index contributed by atoms with van der Waals surface area (Å²) in [6.07, 6.45) is 3.06. The van der Waals surface area contributed by atoms with E-state index in [4.69, 9.17) is 18.9 Å². The highest BCUT2D eigenvalue weighted by Gasteiger charge is 2.26. The van der Waals surface area contributed by atoms with Crippen molar-refractivity contribution < 1.29 is 38.1 Å². The lowest BCUT2D eigenvalue weighted by atomic mass is 10.2. The standard InChI is InChI=1S/C34H52N6O8/c1-31(2,3)45-25(41)19-39(20-26(42)46-32(4,5)6)17-23-13-15-35-29(37-23)30-36-16-14-24(38-30)18-40(21-27(43)47-33(7,8)9)22-28(44)48-34(10,11)12/h13-16H,17-22H2,1-12H3. The van der Waals surface area contributed by atoms with Gasteiger partial charge in [-0.1, -0.05) is 0 Å². The van der Waals surface area contributed by atoms with Crippen LogP contribution in [0.2, 0.25) is 0 Å². The summed E-state index contributed by atoms with van der Waals surface area (Å²) >= 11 is 0. The van der Waals surface area contributed by atoms with E-state index in [0.717, 1.165) is 0 Å². The fourth-order valence-electron chi connectivity index (χ4n) is 4.20. The molecule has 0 N–H and O–H groups in total. The molecular weight excluding hydrogens is 620 g/mol. The fraction of sp³-hybridized carbons (Fsp3) is 0.647. The molecule has 0 spiro atoms. The number of rotatable bonds is 13. The summed E-state index contributed by atoms with van der Waals surface area (Å²) in [6.45, 7) is 20.7. The highest BCUT2D eigenvalue weighted by atomic mass is 16.6. The maximum atomic E-state index is 12.7. The quantitative estimate of drug-likeness (QED) is 0.222. The second-order valence-electron chi connectivity index (χ2n) is 15.4. The summed E-state index contributed by atoms with van der Waals surface area (Å²) in [4.78, 5) is 71.7. The molecule has 0 atom stereocenters. The monoisotopic (exact) mass is 672 g/mol. The van der Waals surface area contributed by atoms with E-state index in [2.05, 4.69) is 19.9 Å². The van der Waals surface area contributed by atoms with Crippen LogP contribution in [-0.4, -0.2) is 102 Å². The molecule has 0 aliphatic heterocycles. The predicted octanol–water partition coefficient (Wildman–Crippen LogP) is 3.90. The smallest absolute Gasteiger partial charge is 0.320 e. The number of carbonyl (C=O) groups is 4. The summed E-state index contributed by atoms with van der Waals surface area (Å²) < 4.78 is 21.9. The Kier molecular flexibility index (Phi) is 13.7. The van der Waals surface area contributed by atoms with Crippen molar-refractivity contribution in [2.45, 2.75) is 119 Å². The van der Waals surface area contributed by atoms with Gasteiger partial charge in [0, 0.05) is 25.5 Å². The summed E-state index contributed by atoms with van der Waals surface area (Å²) in [5.74, 6) is -1.60. The molecule has 0 unspecified atom stereocenters. The second-order valence-corrected chi connectivity index (χ2v) is 15.4. The molecule has 0 aliphatic rings. The molecule has 0 aromatic carbocycles. The SMILES string of the molecule is CC(C)(C)OC(=O)CN(CC(=O)OC(C)(C)C)Cc1ccnc(-c2nccc(CN(CC(=O)OC(C)(C)C)CC(=O)OC(C)(C)C)n2)n1. The molecule has 2 heterocycles. The third kappa shape index (κ3) is 17.2. The molecule has 0 amide bonds. The Hall–Kier alpha value is -4.04. The van der Waals surface area contributed by atoms with E-state index in [-0.39, 0.29) is 50.9 Å². The van der Waals surface area contributed by atoms with Crippen molar-refractivity contribution in [3.63, 3.8) is 0 Å². The lowest BCUT2D eigenvalue weighted by Crippen LogP contribution is -2.39. The highest BCUT2D eigenvalue weighted by Crippen LogP contribution is 2.16. The van der Waals surface area contributed by atoms with Gasteiger partial charge in [0.05, 0.1) is 37.6 Å². The number of hydrogen-bond acceptors (Lipinski definition) is 14. The Morgan fingerprint density at radius 3 is 0.979 bits per heavy atom. The normalized spacial score (nSPS) is 12.5. The first-order chi connectivity index (χ1) is 21.9. The van der Waals surface area contributed by atoms with Crippen LogP contribution in [0, 0.1) is 0 Å². The first-order valence-electron chi connectivity index (χ1n) is 15.8. The maximum Gasteiger partial charge on any atom is 0.320 e. The van der Waals surface area contributed by atoms with Gasteiger partial charge in [0.15, 0.2) is 11.6 Å². The molecule has 0 saturated carbocycles. The van der Waals surface area contributed by atoms with Gasteiger partial charge in [-0.25, -0.2) is 19.9 Å². The molecule has 0 aliphatic carbocycles. The molecule has 2 rings (SSSR count). The molecule has 0 fully saturated rings. The number of aromatic nitrogens is 4. The van der Waals surface area contributed by atoms with Gasteiger partial charge in [-0.15, -0.1) is 0 Å². The van der Waals surface area contributed by atoms with Crippen LogP contribution in [0.1, 0.15) is 94.5 Å². The van der Waals surface area contributed by atoms with Gasteiger partial charge in [-0.05, 0) is 95.2 Å². The van der Waals surface area contributed by atoms with E-state index in [1.165, 1.54) is 12.4 Å². The van der Waals surface area contributed by atoms with Crippen molar-refractivity contribution in [3.05, 3.63) is 35.9 Å². The summed E-state index contributed by atoms with van der Waals surface area (Å²) in [5.41, 5.74) is -1.80. The number of hydrogen-bond donors (Lipinski definition) is 0. The van der Waals surface area contributed by atoms with Crippen LogP contribution in [0.3, 0.4) is 0 Å². The lowest BCUT2D eigenvalue weighted by Gasteiger charge is -2.26. The van der Waals surface area contributed by atoms with Gasteiger partial charge in [-0.3, -0.25) is 29.0 Å². The van der Waals surface area contributed by atoms with Crippen LogP contribution in [0.5, 0.6) is 0 Å². The van der Waals surface area contributed by atoms with Crippen molar-refractivity contribution >= 4 is 23.9 Å². The third-order valence-corrected chi connectivity index (χ3v) is 5.49.